The van der Waals surface area contributed by atoms with E-state index in [4.69, 9.17) is 9.98 Å². The summed E-state index contributed by atoms with van der Waals surface area (Å²) in [5.74, 6) is -1.27. The maximum Gasteiger partial charge on any atom is 0.300 e. The van der Waals surface area contributed by atoms with Crippen molar-refractivity contribution in [1.29, 1.82) is 0 Å². The highest BCUT2D eigenvalue weighted by Crippen LogP contribution is 2.40. The van der Waals surface area contributed by atoms with Crippen LogP contribution in [-0.2, 0) is 19.5 Å². The number of nitrogens with zero attached hydrogens (tertiary/aromatic N) is 5. The van der Waals surface area contributed by atoms with Crippen molar-refractivity contribution in [2.75, 3.05) is 11.9 Å². The van der Waals surface area contributed by atoms with Gasteiger partial charge in [0.25, 0.3) is 0 Å². The molecule has 3 aliphatic rings. The average Bonchev–Trinajstić information content (AvgIpc) is 3.35. The molecule has 0 bridgehead atoms. The van der Waals surface area contributed by atoms with E-state index in [0.29, 0.717) is 23.4 Å². The maximum absolute atomic E-state index is 14.8. The van der Waals surface area contributed by atoms with E-state index in [-0.39, 0.29) is 11.1 Å². The van der Waals surface area contributed by atoms with E-state index in [1.54, 1.807) is 38.4 Å². The first kappa shape index (κ1) is 25.7. The highest BCUT2D eigenvalue weighted by atomic mass is 19.3. The van der Waals surface area contributed by atoms with E-state index in [1.165, 1.54) is 22.8 Å². The van der Waals surface area contributed by atoms with Crippen LogP contribution >= 0.6 is 0 Å². The highest BCUT2D eigenvalue weighted by molar-refractivity contribution is 5.81. The number of pyridine rings is 2. The molecule has 0 aliphatic carbocycles. The fourth-order valence-electron chi connectivity index (χ4n) is 4.72. The fraction of sp³-hybridized carbons (Fsp3) is 0.357. The molecule has 4 heterocycles. The zero-order chi connectivity index (χ0) is 27.4. The average molecular weight is 521 g/mol. The van der Waals surface area contributed by atoms with E-state index in [9.17, 15) is 18.7 Å². The number of alkyl halides is 2. The molecule has 8 nitrogen and oxygen atoms in total. The largest absolute Gasteiger partial charge is 0.384 e. The molecule has 2 aromatic rings. The fourth-order valence-corrected chi connectivity index (χ4v) is 4.72. The molecular formula is C28H30F2N6O2. The van der Waals surface area contributed by atoms with Gasteiger partial charge >= 0.3 is 5.92 Å². The summed E-state index contributed by atoms with van der Waals surface area (Å²) in [7, 11) is 1.71. The van der Waals surface area contributed by atoms with Crippen LogP contribution < -0.4 is 16.4 Å². The summed E-state index contributed by atoms with van der Waals surface area (Å²) in [4.78, 5) is 26.1. The Balaban J connectivity index is 1.68. The third-order valence-electron chi connectivity index (χ3n) is 6.93. The van der Waals surface area contributed by atoms with E-state index in [0.717, 1.165) is 48.7 Å². The zero-order valence-electron chi connectivity index (χ0n) is 22.0. The van der Waals surface area contributed by atoms with Crippen molar-refractivity contribution in [3.8, 4) is 22.5 Å². The minimum atomic E-state index is -3.43. The molecule has 0 radical (unpaired) electrons. The molecule has 0 spiro atoms. The number of hydrogen-bond donors (Lipinski definition) is 2. The highest BCUT2D eigenvalue weighted by Gasteiger charge is 2.47. The van der Waals surface area contributed by atoms with Crippen LogP contribution in [0.5, 0.6) is 0 Å². The normalized spacial score (nSPS) is 15.0. The minimum Gasteiger partial charge on any atom is -0.384 e. The van der Waals surface area contributed by atoms with Crippen molar-refractivity contribution < 1.29 is 13.9 Å². The lowest BCUT2D eigenvalue weighted by molar-refractivity contribution is -0.168. The molecular weight excluding hydrogens is 490 g/mol. The van der Waals surface area contributed by atoms with Crippen molar-refractivity contribution in [1.82, 2.24) is 19.1 Å². The topological polar surface area (TPSA) is 97.3 Å². The Morgan fingerprint density at radius 2 is 1.89 bits per heavy atom. The summed E-state index contributed by atoms with van der Waals surface area (Å²) in [5, 5.41) is 13.4. The first-order valence-electron chi connectivity index (χ1n) is 12.4. The van der Waals surface area contributed by atoms with Gasteiger partial charge in [0.05, 0.1) is 11.6 Å². The number of halogens is 2. The second-order valence-corrected chi connectivity index (χ2v) is 10.2. The minimum absolute atomic E-state index is 0.104. The predicted molar refractivity (Wildman–Crippen MR) is 141 cm³/mol. The first-order chi connectivity index (χ1) is 17.9. The van der Waals surface area contributed by atoms with Gasteiger partial charge in [0.1, 0.15) is 23.1 Å². The van der Waals surface area contributed by atoms with Gasteiger partial charge in [0, 0.05) is 49.1 Å². The number of nitrogens with one attached hydrogen (secondary N) is 1. The molecule has 3 aliphatic heterocycles. The molecule has 1 unspecified atom stereocenters. The zero-order valence-corrected chi connectivity index (χ0v) is 22.0. The Kier molecular flexibility index (Phi) is 6.18. The number of fused-ring (bicyclic) bond motifs is 3. The quantitative estimate of drug-likeness (QED) is 0.415. The van der Waals surface area contributed by atoms with E-state index >= 15 is 0 Å². The Morgan fingerprint density at radius 1 is 1.13 bits per heavy atom. The van der Waals surface area contributed by atoms with Crippen molar-refractivity contribution in [3.05, 3.63) is 81.5 Å². The van der Waals surface area contributed by atoms with Gasteiger partial charge in [-0.15, -0.1) is 0 Å². The van der Waals surface area contributed by atoms with Crippen LogP contribution in [0.1, 0.15) is 43.8 Å². The Hall–Kier alpha value is -3.92. The SMILES string of the molecule is Cc1nc2n3c(c(-c4ccc(=O)n(C)c4)cc-2c(=NC(C)c2cccc(C(F)(F)C(C)(C)O)c2)n1)NCC3. The third kappa shape index (κ3) is 4.38. The maximum atomic E-state index is 14.8. The summed E-state index contributed by atoms with van der Waals surface area (Å²) in [6.45, 7) is 7.23. The second-order valence-electron chi connectivity index (χ2n) is 10.2. The molecule has 1 aromatic carbocycles. The summed E-state index contributed by atoms with van der Waals surface area (Å²) < 4.78 is 33.3. The van der Waals surface area contributed by atoms with Crippen molar-refractivity contribution >= 4 is 5.82 Å². The van der Waals surface area contributed by atoms with E-state index in [1.807, 2.05) is 13.0 Å². The molecule has 38 heavy (non-hydrogen) atoms. The molecule has 1 aromatic heterocycles. The number of aromatic nitrogens is 4. The number of hydrogen-bond acceptors (Lipinski definition) is 6. The predicted octanol–water partition coefficient (Wildman–Crippen LogP) is 4.01. The van der Waals surface area contributed by atoms with Gasteiger partial charge in [-0.3, -0.25) is 9.79 Å². The Labute approximate surface area is 218 Å². The molecule has 2 N–H and O–H groups in total. The van der Waals surface area contributed by atoms with Crippen LogP contribution in [0, 0.1) is 6.92 Å². The third-order valence-corrected chi connectivity index (χ3v) is 6.93. The van der Waals surface area contributed by atoms with Crippen molar-refractivity contribution in [2.45, 2.75) is 51.8 Å². The molecule has 1 atom stereocenters. The van der Waals surface area contributed by atoms with Gasteiger partial charge in [-0.05, 0) is 51.5 Å². The molecule has 0 saturated carbocycles. The van der Waals surface area contributed by atoms with Gasteiger partial charge in [-0.25, -0.2) is 9.97 Å². The summed E-state index contributed by atoms with van der Waals surface area (Å²) in [6.07, 6.45) is 1.78. The number of anilines is 1. The van der Waals surface area contributed by atoms with Gasteiger partial charge in [-0.1, -0.05) is 18.2 Å². The smallest absolute Gasteiger partial charge is 0.300 e. The standard InChI is InChI=1S/C28H30F2N6O2/c1-16(18-7-6-8-20(13-18)28(29,30)27(3,4)38)32-24-22-14-21(19-9-10-23(37)35(5)15-19)25-31-11-12-36(25)26(22)34-17(2)33-24/h6-10,13-16,31,38H,11-12H2,1-5H3. The van der Waals surface area contributed by atoms with Crippen LogP contribution in [0.15, 0.2) is 58.4 Å². The number of rotatable bonds is 5. The van der Waals surface area contributed by atoms with Crippen molar-refractivity contribution in [2.24, 2.45) is 12.0 Å². The number of aliphatic hydroxyl groups is 1. The Morgan fingerprint density at radius 3 is 2.61 bits per heavy atom. The molecule has 0 amide bonds. The van der Waals surface area contributed by atoms with Gasteiger partial charge in [-0.2, -0.15) is 8.78 Å². The molecule has 10 heteroatoms. The number of aryl methyl sites for hydroxylation is 2. The molecule has 198 valence electrons. The van der Waals surface area contributed by atoms with Crippen LogP contribution in [0.2, 0.25) is 0 Å². The van der Waals surface area contributed by atoms with Crippen LogP contribution in [0.3, 0.4) is 0 Å². The summed E-state index contributed by atoms with van der Waals surface area (Å²) >= 11 is 0. The van der Waals surface area contributed by atoms with Crippen LogP contribution in [0.25, 0.3) is 22.5 Å². The van der Waals surface area contributed by atoms with Gasteiger partial charge in [0.15, 0.2) is 5.49 Å². The summed E-state index contributed by atoms with van der Waals surface area (Å²) in [5.41, 5.74) is 0.892. The Bertz CT molecular complexity index is 1630. The van der Waals surface area contributed by atoms with Gasteiger partial charge < -0.3 is 19.6 Å². The van der Waals surface area contributed by atoms with E-state index < -0.39 is 17.6 Å². The van der Waals surface area contributed by atoms with Crippen LogP contribution in [0.4, 0.5) is 14.6 Å². The van der Waals surface area contributed by atoms with Crippen LogP contribution in [-0.4, -0.2) is 36.4 Å². The van der Waals surface area contributed by atoms with Gasteiger partial charge in [0.2, 0.25) is 5.56 Å². The molecule has 0 saturated heterocycles. The lowest BCUT2D eigenvalue weighted by Crippen LogP contribution is -2.40. The second kappa shape index (κ2) is 9.13. The molecule has 0 fully saturated rings. The monoisotopic (exact) mass is 520 g/mol. The lowest BCUT2D eigenvalue weighted by atomic mass is 9.91. The number of benzene rings is 1. The van der Waals surface area contributed by atoms with E-state index in [2.05, 4.69) is 14.9 Å². The summed E-state index contributed by atoms with van der Waals surface area (Å²) in [6, 6.07) is 10.8. The van der Waals surface area contributed by atoms with Crippen molar-refractivity contribution in [3.63, 3.8) is 0 Å². The first-order valence-corrected chi connectivity index (χ1v) is 12.4. The lowest BCUT2D eigenvalue weighted by Gasteiger charge is -2.29. The molecule has 5 rings (SSSR count).